The number of hydrogen-bond acceptors (Lipinski definition) is 3. The first kappa shape index (κ1) is 16.7. The predicted molar refractivity (Wildman–Crippen MR) is 102 cm³/mol. The fourth-order valence-electron chi connectivity index (χ4n) is 2.45. The minimum Gasteiger partial charge on any atom is -0.497 e. The van der Waals surface area contributed by atoms with Crippen LogP contribution in [0.1, 0.15) is 15.9 Å². The highest BCUT2D eigenvalue weighted by atomic mass is 79.9. The Morgan fingerprint density at radius 3 is 2.79 bits per heavy atom. The average molecular weight is 402 g/mol. The number of halogens is 1. The summed E-state index contributed by atoms with van der Waals surface area (Å²) in [5.74, 6) is 0.517. The molecule has 0 unspecified atom stereocenters. The molecule has 0 aliphatic carbocycles. The summed E-state index contributed by atoms with van der Waals surface area (Å²) in [5, 5.41) is 7.15. The third-order valence-corrected chi connectivity index (χ3v) is 5.08. The predicted octanol–water partition coefficient (Wildman–Crippen LogP) is 5.12. The van der Waals surface area contributed by atoms with Gasteiger partial charge in [0.2, 0.25) is 0 Å². The fraction of sp³-hybridized carbons (Fsp3) is 0.105. The zero-order valence-electron chi connectivity index (χ0n) is 13.1. The third kappa shape index (κ3) is 3.68. The van der Waals surface area contributed by atoms with Gasteiger partial charge in [-0.25, -0.2) is 0 Å². The number of rotatable bonds is 5. The molecule has 3 aromatic rings. The van der Waals surface area contributed by atoms with Gasteiger partial charge in [0.25, 0.3) is 5.91 Å². The van der Waals surface area contributed by atoms with E-state index in [1.807, 2.05) is 30.3 Å². The molecule has 2 aromatic carbocycles. The average Bonchev–Trinajstić information content (AvgIpc) is 3.15. The number of ether oxygens (including phenoxy) is 1. The van der Waals surface area contributed by atoms with E-state index in [2.05, 4.69) is 44.1 Å². The van der Waals surface area contributed by atoms with E-state index in [1.54, 1.807) is 24.5 Å². The van der Waals surface area contributed by atoms with Crippen LogP contribution in [0, 0.1) is 0 Å². The minimum absolute atomic E-state index is 0.138. The Bertz CT molecular complexity index is 846. The first-order valence-corrected chi connectivity index (χ1v) is 9.15. The van der Waals surface area contributed by atoms with Crippen molar-refractivity contribution in [1.29, 1.82) is 0 Å². The molecule has 0 radical (unpaired) electrons. The van der Waals surface area contributed by atoms with Gasteiger partial charge in [-0.1, -0.05) is 24.3 Å². The number of benzene rings is 2. The van der Waals surface area contributed by atoms with Gasteiger partial charge in [0.15, 0.2) is 0 Å². The highest BCUT2D eigenvalue weighted by molar-refractivity contribution is 9.10. The van der Waals surface area contributed by atoms with Crippen molar-refractivity contribution in [2.75, 3.05) is 7.11 Å². The Morgan fingerprint density at radius 2 is 2.04 bits per heavy atom. The molecule has 0 aliphatic heterocycles. The number of carbonyl (C=O) groups is 1. The maximum Gasteiger partial charge on any atom is 0.252 e. The summed E-state index contributed by atoms with van der Waals surface area (Å²) in [5.41, 5.74) is 3.96. The van der Waals surface area contributed by atoms with Crippen molar-refractivity contribution in [2.24, 2.45) is 0 Å². The second kappa shape index (κ2) is 7.64. The van der Waals surface area contributed by atoms with E-state index in [4.69, 9.17) is 4.74 Å². The van der Waals surface area contributed by atoms with Gasteiger partial charge in [-0.2, -0.15) is 11.3 Å². The van der Waals surface area contributed by atoms with Crippen LogP contribution < -0.4 is 10.1 Å². The Labute approximate surface area is 153 Å². The van der Waals surface area contributed by atoms with Crippen LogP contribution in [0.4, 0.5) is 0 Å². The first-order valence-electron chi connectivity index (χ1n) is 7.41. The molecule has 0 aliphatic rings. The highest BCUT2D eigenvalue weighted by Crippen LogP contribution is 2.26. The fourth-order valence-corrected chi connectivity index (χ4v) is 3.53. The van der Waals surface area contributed by atoms with Crippen LogP contribution >= 0.6 is 27.3 Å². The van der Waals surface area contributed by atoms with E-state index in [0.717, 1.165) is 15.6 Å². The van der Waals surface area contributed by atoms with Crippen molar-refractivity contribution < 1.29 is 9.53 Å². The molecule has 24 heavy (non-hydrogen) atoms. The Kier molecular flexibility index (Phi) is 5.33. The lowest BCUT2D eigenvalue weighted by atomic mass is 10.0. The van der Waals surface area contributed by atoms with Crippen LogP contribution in [0.3, 0.4) is 0 Å². The van der Waals surface area contributed by atoms with E-state index in [-0.39, 0.29) is 5.91 Å². The Morgan fingerprint density at radius 1 is 1.21 bits per heavy atom. The van der Waals surface area contributed by atoms with Crippen LogP contribution in [0.5, 0.6) is 5.75 Å². The minimum atomic E-state index is -0.138. The maximum atomic E-state index is 12.5. The van der Waals surface area contributed by atoms with Gasteiger partial charge in [-0.3, -0.25) is 4.79 Å². The van der Waals surface area contributed by atoms with Gasteiger partial charge in [0.1, 0.15) is 5.75 Å². The van der Waals surface area contributed by atoms with Crippen LogP contribution in [-0.2, 0) is 6.54 Å². The molecule has 0 fully saturated rings. The summed E-state index contributed by atoms with van der Waals surface area (Å²) in [7, 11) is 1.59. The number of nitrogens with one attached hydrogen (secondary N) is 1. The number of methoxy groups -OCH3 is 1. The van der Waals surface area contributed by atoms with E-state index in [0.29, 0.717) is 17.9 Å². The second-order valence-corrected chi connectivity index (χ2v) is 6.83. The Hall–Kier alpha value is -2.11. The second-order valence-electron chi connectivity index (χ2n) is 5.20. The molecule has 1 heterocycles. The quantitative estimate of drug-likeness (QED) is 0.644. The van der Waals surface area contributed by atoms with Crippen molar-refractivity contribution in [3.63, 3.8) is 0 Å². The van der Waals surface area contributed by atoms with Crippen LogP contribution in [-0.4, -0.2) is 13.0 Å². The van der Waals surface area contributed by atoms with Gasteiger partial charge < -0.3 is 10.1 Å². The SMILES string of the molecule is COc1ccc(Br)c(C(=O)NCc2ccccc2-c2ccsc2)c1. The van der Waals surface area contributed by atoms with Gasteiger partial charge >= 0.3 is 0 Å². The Balaban J connectivity index is 1.78. The van der Waals surface area contributed by atoms with E-state index in [1.165, 1.54) is 5.56 Å². The van der Waals surface area contributed by atoms with Crippen LogP contribution in [0.25, 0.3) is 11.1 Å². The molecular formula is C19H16BrNO2S. The van der Waals surface area contributed by atoms with Crippen molar-refractivity contribution in [3.05, 3.63) is 74.9 Å². The zero-order chi connectivity index (χ0) is 16.9. The largest absolute Gasteiger partial charge is 0.497 e. The summed E-state index contributed by atoms with van der Waals surface area (Å²) >= 11 is 5.08. The zero-order valence-corrected chi connectivity index (χ0v) is 15.5. The molecule has 122 valence electrons. The number of hydrogen-bond donors (Lipinski definition) is 1. The van der Waals surface area contributed by atoms with Crippen LogP contribution in [0.2, 0.25) is 0 Å². The van der Waals surface area contributed by atoms with Crippen molar-refractivity contribution in [2.45, 2.75) is 6.54 Å². The molecule has 3 rings (SSSR count). The number of amides is 1. The van der Waals surface area contributed by atoms with Crippen molar-refractivity contribution in [1.82, 2.24) is 5.32 Å². The molecule has 1 amide bonds. The smallest absolute Gasteiger partial charge is 0.252 e. The summed E-state index contributed by atoms with van der Waals surface area (Å²) in [6, 6.07) is 15.5. The number of thiophene rings is 1. The van der Waals surface area contributed by atoms with Gasteiger partial charge in [-0.05, 0) is 67.6 Å². The third-order valence-electron chi connectivity index (χ3n) is 3.71. The van der Waals surface area contributed by atoms with Crippen LogP contribution in [0.15, 0.2) is 63.8 Å². The van der Waals surface area contributed by atoms with E-state index < -0.39 is 0 Å². The lowest BCUT2D eigenvalue weighted by molar-refractivity contribution is 0.0950. The summed E-state index contributed by atoms with van der Waals surface area (Å²) in [6.07, 6.45) is 0. The molecule has 5 heteroatoms. The van der Waals surface area contributed by atoms with Crippen molar-refractivity contribution in [3.8, 4) is 16.9 Å². The molecule has 3 nitrogen and oxygen atoms in total. The standard InChI is InChI=1S/C19H16BrNO2S/c1-23-15-6-7-18(20)17(10-15)19(22)21-11-13-4-2-3-5-16(13)14-8-9-24-12-14/h2-10,12H,11H2,1H3,(H,21,22). The van der Waals surface area contributed by atoms with Gasteiger partial charge in [0, 0.05) is 11.0 Å². The number of carbonyl (C=O) groups excluding carboxylic acids is 1. The highest BCUT2D eigenvalue weighted by Gasteiger charge is 2.12. The first-order chi connectivity index (χ1) is 11.7. The molecule has 0 atom stereocenters. The van der Waals surface area contributed by atoms with Gasteiger partial charge in [-0.15, -0.1) is 0 Å². The lowest BCUT2D eigenvalue weighted by Gasteiger charge is -2.11. The summed E-state index contributed by atoms with van der Waals surface area (Å²) < 4.78 is 5.93. The molecular weight excluding hydrogens is 386 g/mol. The summed E-state index contributed by atoms with van der Waals surface area (Å²) in [4.78, 5) is 12.5. The van der Waals surface area contributed by atoms with E-state index in [9.17, 15) is 4.79 Å². The maximum absolute atomic E-state index is 12.5. The molecule has 1 N–H and O–H groups in total. The lowest BCUT2D eigenvalue weighted by Crippen LogP contribution is -2.23. The monoisotopic (exact) mass is 401 g/mol. The van der Waals surface area contributed by atoms with E-state index >= 15 is 0 Å². The molecule has 0 bridgehead atoms. The summed E-state index contributed by atoms with van der Waals surface area (Å²) in [6.45, 7) is 0.467. The topological polar surface area (TPSA) is 38.3 Å². The normalized spacial score (nSPS) is 10.4. The molecule has 0 spiro atoms. The van der Waals surface area contributed by atoms with Gasteiger partial charge in [0.05, 0.1) is 12.7 Å². The molecule has 1 aromatic heterocycles. The van der Waals surface area contributed by atoms with Crippen molar-refractivity contribution >= 4 is 33.2 Å². The molecule has 0 saturated heterocycles. The molecule has 0 saturated carbocycles.